The van der Waals surface area contributed by atoms with Gasteiger partial charge in [-0.15, -0.1) is 0 Å². The third-order valence-corrected chi connectivity index (χ3v) is 4.74. The van der Waals surface area contributed by atoms with Crippen molar-refractivity contribution in [2.45, 2.75) is 45.6 Å². The molecule has 140 valence electrons. The van der Waals surface area contributed by atoms with Crippen LogP contribution in [0.25, 0.3) is 0 Å². The van der Waals surface area contributed by atoms with Crippen LogP contribution in [-0.2, 0) is 0 Å². The van der Waals surface area contributed by atoms with E-state index in [9.17, 15) is 9.90 Å². The molecule has 0 bridgehead atoms. The number of nitrogens with one attached hydrogen (secondary N) is 2. The van der Waals surface area contributed by atoms with Crippen LogP contribution in [-0.4, -0.2) is 48.3 Å². The van der Waals surface area contributed by atoms with Crippen molar-refractivity contribution in [3.05, 3.63) is 30.3 Å². The Hall–Kier alpha value is -1.75. The van der Waals surface area contributed by atoms with Gasteiger partial charge in [-0.05, 0) is 49.7 Å². The first-order valence-corrected chi connectivity index (χ1v) is 9.53. The molecule has 1 fully saturated rings. The molecule has 2 amide bonds. The third-order valence-electron chi connectivity index (χ3n) is 4.74. The summed E-state index contributed by atoms with van der Waals surface area (Å²) in [6, 6.07) is 10.5. The van der Waals surface area contributed by atoms with Gasteiger partial charge in [0.1, 0.15) is 0 Å². The van der Waals surface area contributed by atoms with Crippen LogP contribution in [0.4, 0.5) is 10.5 Å². The van der Waals surface area contributed by atoms with Crippen LogP contribution in [0.1, 0.15) is 39.5 Å². The van der Waals surface area contributed by atoms with E-state index in [1.54, 1.807) is 0 Å². The van der Waals surface area contributed by atoms with E-state index in [4.69, 9.17) is 0 Å². The lowest BCUT2D eigenvalue weighted by Gasteiger charge is -2.34. The molecular weight excluding hydrogens is 314 g/mol. The summed E-state index contributed by atoms with van der Waals surface area (Å²) in [6.45, 7) is 6.72. The molecule has 2 atom stereocenters. The van der Waals surface area contributed by atoms with Gasteiger partial charge in [0, 0.05) is 38.0 Å². The number of anilines is 1. The van der Waals surface area contributed by atoms with E-state index >= 15 is 0 Å². The van der Waals surface area contributed by atoms with Gasteiger partial charge in [0.25, 0.3) is 0 Å². The summed E-state index contributed by atoms with van der Waals surface area (Å²) in [6.07, 6.45) is 3.87. The number of hydrogen-bond donors (Lipinski definition) is 3. The van der Waals surface area contributed by atoms with E-state index in [0.29, 0.717) is 24.4 Å². The second-order valence-electron chi connectivity index (χ2n) is 7.49. The molecule has 1 aliphatic heterocycles. The quantitative estimate of drug-likeness (QED) is 0.676. The van der Waals surface area contributed by atoms with E-state index in [0.717, 1.165) is 44.5 Å². The highest BCUT2D eigenvalue weighted by atomic mass is 16.3. The van der Waals surface area contributed by atoms with Crippen LogP contribution in [0.15, 0.2) is 30.3 Å². The number of aliphatic hydroxyl groups is 1. The third kappa shape index (κ3) is 6.94. The zero-order valence-electron chi connectivity index (χ0n) is 15.6. The minimum Gasteiger partial charge on any atom is -0.396 e. The molecular formula is C20H33N3O2. The number of carbonyl (C=O) groups is 1. The van der Waals surface area contributed by atoms with Crippen LogP contribution >= 0.6 is 0 Å². The fourth-order valence-corrected chi connectivity index (χ4v) is 3.55. The van der Waals surface area contributed by atoms with Gasteiger partial charge in [0.15, 0.2) is 0 Å². The van der Waals surface area contributed by atoms with Crippen molar-refractivity contribution in [2.24, 2.45) is 11.8 Å². The van der Waals surface area contributed by atoms with E-state index in [1.165, 1.54) is 0 Å². The first kappa shape index (κ1) is 19.6. The molecule has 25 heavy (non-hydrogen) atoms. The Labute approximate surface area is 151 Å². The van der Waals surface area contributed by atoms with Gasteiger partial charge in [-0.25, -0.2) is 4.79 Å². The zero-order chi connectivity index (χ0) is 18.1. The number of para-hydroxylation sites is 1. The van der Waals surface area contributed by atoms with Crippen LogP contribution < -0.4 is 10.6 Å². The first-order valence-electron chi connectivity index (χ1n) is 9.53. The van der Waals surface area contributed by atoms with Gasteiger partial charge >= 0.3 is 6.03 Å². The van der Waals surface area contributed by atoms with Crippen LogP contribution in [0.5, 0.6) is 0 Å². The SMILES string of the molecule is CC(C)CC(CCO)CNC(=O)N1CCCC(Nc2ccccc2)C1. The number of urea groups is 1. The minimum atomic E-state index is 0.0197. The lowest BCUT2D eigenvalue weighted by Crippen LogP contribution is -2.49. The molecule has 2 unspecified atom stereocenters. The lowest BCUT2D eigenvalue weighted by molar-refractivity contribution is 0.177. The van der Waals surface area contributed by atoms with E-state index in [2.05, 4.69) is 36.6 Å². The largest absolute Gasteiger partial charge is 0.396 e. The molecule has 1 aliphatic rings. The Morgan fingerprint density at radius 3 is 2.76 bits per heavy atom. The number of carbonyl (C=O) groups excluding carboxylic acids is 1. The van der Waals surface area contributed by atoms with Gasteiger partial charge in [-0.2, -0.15) is 0 Å². The molecule has 0 saturated carbocycles. The molecule has 1 aromatic rings. The predicted molar refractivity (Wildman–Crippen MR) is 103 cm³/mol. The van der Waals surface area contributed by atoms with Gasteiger partial charge in [0.2, 0.25) is 0 Å². The maximum Gasteiger partial charge on any atom is 0.317 e. The monoisotopic (exact) mass is 347 g/mol. The van der Waals surface area contributed by atoms with Gasteiger partial charge in [-0.1, -0.05) is 32.0 Å². The number of aliphatic hydroxyl groups excluding tert-OH is 1. The standard InChI is InChI=1S/C20H33N3O2/c1-16(2)13-17(10-12-24)14-21-20(25)23-11-6-9-19(15-23)22-18-7-4-3-5-8-18/h3-5,7-8,16-17,19,22,24H,6,9-15H2,1-2H3,(H,21,25). The van der Waals surface area contributed by atoms with Crippen molar-refractivity contribution >= 4 is 11.7 Å². The number of piperidine rings is 1. The minimum absolute atomic E-state index is 0.0197. The van der Waals surface area contributed by atoms with Gasteiger partial charge in [0.05, 0.1) is 0 Å². The molecule has 0 spiro atoms. The highest BCUT2D eigenvalue weighted by Gasteiger charge is 2.24. The molecule has 1 saturated heterocycles. The molecule has 5 nitrogen and oxygen atoms in total. The Morgan fingerprint density at radius 2 is 2.08 bits per heavy atom. The summed E-state index contributed by atoms with van der Waals surface area (Å²) in [4.78, 5) is 14.4. The van der Waals surface area contributed by atoms with Crippen LogP contribution in [0.3, 0.4) is 0 Å². The second-order valence-corrected chi connectivity index (χ2v) is 7.49. The summed E-state index contributed by atoms with van der Waals surface area (Å²) in [5, 5.41) is 15.8. The molecule has 1 aromatic carbocycles. The lowest BCUT2D eigenvalue weighted by atomic mass is 9.94. The van der Waals surface area contributed by atoms with Crippen molar-refractivity contribution in [1.82, 2.24) is 10.2 Å². The molecule has 1 heterocycles. The fraction of sp³-hybridized carbons (Fsp3) is 0.650. The van der Waals surface area contributed by atoms with Crippen LogP contribution in [0, 0.1) is 11.8 Å². The van der Waals surface area contributed by atoms with E-state index in [1.807, 2.05) is 23.1 Å². The number of benzene rings is 1. The number of nitrogens with zero attached hydrogens (tertiary/aromatic N) is 1. The summed E-state index contributed by atoms with van der Waals surface area (Å²) in [5.74, 6) is 0.917. The molecule has 3 N–H and O–H groups in total. The highest BCUT2D eigenvalue weighted by molar-refractivity contribution is 5.74. The second kappa shape index (κ2) is 10.3. The first-order chi connectivity index (χ1) is 12.1. The summed E-state index contributed by atoms with van der Waals surface area (Å²) in [7, 11) is 0. The Balaban J connectivity index is 1.80. The summed E-state index contributed by atoms with van der Waals surface area (Å²) >= 11 is 0. The fourth-order valence-electron chi connectivity index (χ4n) is 3.55. The number of amides is 2. The maximum atomic E-state index is 12.5. The average Bonchev–Trinajstić information content (AvgIpc) is 2.60. The average molecular weight is 348 g/mol. The summed E-state index contributed by atoms with van der Waals surface area (Å²) < 4.78 is 0. The topological polar surface area (TPSA) is 64.6 Å². The predicted octanol–water partition coefficient (Wildman–Crippen LogP) is 3.32. The van der Waals surface area contributed by atoms with E-state index < -0.39 is 0 Å². The molecule has 5 heteroatoms. The Kier molecular flexibility index (Phi) is 8.06. The Bertz CT molecular complexity index is 507. The van der Waals surface area contributed by atoms with Crippen molar-refractivity contribution in [3.8, 4) is 0 Å². The van der Waals surface area contributed by atoms with Crippen molar-refractivity contribution in [2.75, 3.05) is 31.6 Å². The zero-order valence-corrected chi connectivity index (χ0v) is 15.6. The van der Waals surface area contributed by atoms with Crippen molar-refractivity contribution in [1.29, 1.82) is 0 Å². The van der Waals surface area contributed by atoms with Crippen LogP contribution in [0.2, 0.25) is 0 Å². The van der Waals surface area contributed by atoms with Crippen molar-refractivity contribution < 1.29 is 9.90 Å². The van der Waals surface area contributed by atoms with Gasteiger partial charge < -0.3 is 20.6 Å². The number of likely N-dealkylation sites (tertiary alicyclic amines) is 1. The van der Waals surface area contributed by atoms with Crippen molar-refractivity contribution in [3.63, 3.8) is 0 Å². The maximum absolute atomic E-state index is 12.5. The molecule has 0 aromatic heterocycles. The molecule has 0 radical (unpaired) electrons. The van der Waals surface area contributed by atoms with Gasteiger partial charge in [-0.3, -0.25) is 0 Å². The summed E-state index contributed by atoms with van der Waals surface area (Å²) in [5.41, 5.74) is 1.11. The Morgan fingerprint density at radius 1 is 1.32 bits per heavy atom. The normalized spacial score (nSPS) is 18.9. The highest BCUT2D eigenvalue weighted by Crippen LogP contribution is 2.17. The van der Waals surface area contributed by atoms with E-state index in [-0.39, 0.29) is 12.6 Å². The molecule has 0 aliphatic carbocycles. The molecule has 2 rings (SSSR count). The smallest absolute Gasteiger partial charge is 0.317 e. The number of rotatable bonds is 8. The number of hydrogen-bond acceptors (Lipinski definition) is 3.